The van der Waals surface area contributed by atoms with Crippen molar-refractivity contribution in [2.45, 2.75) is 5.60 Å². The summed E-state index contributed by atoms with van der Waals surface area (Å²) in [6, 6.07) is 51.6. The van der Waals surface area contributed by atoms with Crippen LogP contribution in [0.5, 0.6) is 0 Å². The first-order chi connectivity index (χ1) is 17.8. The number of rotatable bonds is 5. The van der Waals surface area contributed by atoms with E-state index in [0.717, 1.165) is 50.1 Å². The Labute approximate surface area is 212 Å². The molecule has 0 unspecified atom stereocenters. The van der Waals surface area contributed by atoms with Gasteiger partial charge in [0.15, 0.2) is 0 Å². The van der Waals surface area contributed by atoms with Crippen LogP contribution in [0.3, 0.4) is 0 Å². The Hall–Kier alpha value is -4.46. The van der Waals surface area contributed by atoms with E-state index < -0.39 is 5.60 Å². The van der Waals surface area contributed by atoms with Crippen LogP contribution in [0.1, 0.15) is 27.8 Å². The number of hydrogen-bond donors (Lipinski definition) is 1. The van der Waals surface area contributed by atoms with Crippen molar-refractivity contribution in [2.24, 2.45) is 0 Å². The van der Waals surface area contributed by atoms with Gasteiger partial charge in [0.2, 0.25) is 0 Å². The van der Waals surface area contributed by atoms with Crippen LogP contribution < -0.4 is 0 Å². The quantitative estimate of drug-likeness (QED) is 0.280. The van der Waals surface area contributed by atoms with Crippen LogP contribution in [-0.2, 0) is 5.60 Å². The third-order valence-electron chi connectivity index (χ3n) is 6.92. The van der Waals surface area contributed by atoms with Gasteiger partial charge in [-0.25, -0.2) is 0 Å². The Morgan fingerprint density at radius 1 is 0.333 bits per heavy atom. The average Bonchev–Trinajstić information content (AvgIpc) is 3.25. The second-order valence-corrected chi connectivity index (χ2v) is 9.04. The summed E-state index contributed by atoms with van der Waals surface area (Å²) in [4.78, 5) is 0. The van der Waals surface area contributed by atoms with Crippen LogP contribution in [0.25, 0.3) is 22.3 Å². The van der Waals surface area contributed by atoms with Crippen LogP contribution in [0.15, 0.2) is 152 Å². The second-order valence-electron chi connectivity index (χ2n) is 9.04. The van der Waals surface area contributed by atoms with Crippen molar-refractivity contribution in [2.75, 3.05) is 0 Å². The highest BCUT2D eigenvalue weighted by atomic mass is 16.3. The minimum atomic E-state index is -1.36. The molecule has 0 atom stereocenters. The van der Waals surface area contributed by atoms with Crippen molar-refractivity contribution in [3.8, 4) is 0 Å². The lowest BCUT2D eigenvalue weighted by atomic mass is 9.77. The van der Waals surface area contributed by atoms with E-state index in [9.17, 15) is 5.11 Å². The van der Waals surface area contributed by atoms with Gasteiger partial charge in [0.1, 0.15) is 5.60 Å². The molecule has 0 heterocycles. The van der Waals surface area contributed by atoms with Crippen molar-refractivity contribution in [3.05, 3.63) is 179 Å². The van der Waals surface area contributed by atoms with Gasteiger partial charge in [-0.05, 0) is 39.0 Å². The first-order valence-electron chi connectivity index (χ1n) is 12.3. The Kier molecular flexibility index (Phi) is 5.69. The monoisotopic (exact) mass is 462 g/mol. The molecular weight excluding hydrogens is 436 g/mol. The van der Waals surface area contributed by atoms with Gasteiger partial charge in [0, 0.05) is 11.1 Å². The predicted octanol–water partition coefficient (Wildman–Crippen LogP) is 8.11. The maximum absolute atomic E-state index is 13.1. The lowest BCUT2D eigenvalue weighted by molar-refractivity contribution is 0.167. The maximum Gasteiger partial charge on any atom is 0.142 e. The summed E-state index contributed by atoms with van der Waals surface area (Å²) in [6.45, 7) is 0. The maximum atomic E-state index is 13.1. The van der Waals surface area contributed by atoms with E-state index in [1.54, 1.807) is 0 Å². The fourth-order valence-corrected chi connectivity index (χ4v) is 5.41. The van der Waals surface area contributed by atoms with Crippen LogP contribution in [0.2, 0.25) is 0 Å². The first kappa shape index (κ1) is 22.0. The van der Waals surface area contributed by atoms with E-state index in [2.05, 4.69) is 72.8 Å². The molecule has 0 fully saturated rings. The molecule has 5 aromatic rings. The van der Waals surface area contributed by atoms with Crippen molar-refractivity contribution in [3.63, 3.8) is 0 Å². The van der Waals surface area contributed by atoms with Crippen LogP contribution in [0, 0.1) is 0 Å². The number of aliphatic hydroxyl groups is 1. The topological polar surface area (TPSA) is 20.2 Å². The molecule has 1 aliphatic rings. The molecule has 0 aromatic heterocycles. The van der Waals surface area contributed by atoms with Gasteiger partial charge >= 0.3 is 0 Å². The zero-order valence-corrected chi connectivity index (χ0v) is 19.9. The minimum absolute atomic E-state index is 0.849. The van der Waals surface area contributed by atoms with Gasteiger partial charge in [-0.15, -0.1) is 0 Å². The van der Waals surface area contributed by atoms with E-state index in [4.69, 9.17) is 0 Å². The molecule has 0 amide bonds. The zero-order valence-electron chi connectivity index (χ0n) is 19.9. The molecule has 1 heteroatoms. The minimum Gasteiger partial charge on any atom is -0.376 e. The predicted molar refractivity (Wildman–Crippen MR) is 150 cm³/mol. The van der Waals surface area contributed by atoms with E-state index >= 15 is 0 Å². The molecule has 1 N–H and O–H groups in total. The normalized spacial score (nSPS) is 14.8. The Morgan fingerprint density at radius 2 is 0.611 bits per heavy atom. The lowest BCUT2D eigenvalue weighted by Gasteiger charge is -2.32. The number of allylic oxidation sites excluding steroid dienone is 2. The van der Waals surface area contributed by atoms with Gasteiger partial charge < -0.3 is 5.11 Å². The standard InChI is InChI=1S/C35H26O/c36-35(30-24-14-5-15-25-30)33(28-20-10-3-11-21-28)31(26-16-6-1-7-17-26)32(27-18-8-2-9-19-27)34(35)29-22-12-4-13-23-29/h1-25,36H. The average molecular weight is 463 g/mol. The van der Waals surface area contributed by atoms with Crippen molar-refractivity contribution in [1.82, 2.24) is 0 Å². The molecule has 1 aliphatic carbocycles. The molecule has 5 aromatic carbocycles. The van der Waals surface area contributed by atoms with E-state index in [1.807, 2.05) is 78.9 Å². The summed E-state index contributed by atoms with van der Waals surface area (Å²) in [6.07, 6.45) is 0. The Balaban J connectivity index is 1.82. The van der Waals surface area contributed by atoms with Crippen LogP contribution in [-0.4, -0.2) is 5.11 Å². The molecule has 1 nitrogen and oxygen atoms in total. The van der Waals surface area contributed by atoms with Crippen molar-refractivity contribution < 1.29 is 5.11 Å². The lowest BCUT2D eigenvalue weighted by Crippen LogP contribution is -2.27. The fourth-order valence-electron chi connectivity index (χ4n) is 5.41. The molecule has 36 heavy (non-hydrogen) atoms. The molecule has 0 aliphatic heterocycles. The second kappa shape index (κ2) is 9.30. The van der Waals surface area contributed by atoms with E-state index in [0.29, 0.717) is 0 Å². The molecule has 0 radical (unpaired) electrons. The highest BCUT2D eigenvalue weighted by Crippen LogP contribution is 2.60. The SMILES string of the molecule is OC1(c2ccccc2)C(c2ccccc2)=C(c2ccccc2)C(c2ccccc2)=C1c1ccccc1. The summed E-state index contributed by atoms with van der Waals surface area (Å²) >= 11 is 0. The third-order valence-corrected chi connectivity index (χ3v) is 6.92. The molecule has 0 saturated carbocycles. The van der Waals surface area contributed by atoms with Gasteiger partial charge in [0.05, 0.1) is 0 Å². The Morgan fingerprint density at radius 3 is 0.944 bits per heavy atom. The molecule has 0 bridgehead atoms. The van der Waals surface area contributed by atoms with E-state index in [-0.39, 0.29) is 0 Å². The van der Waals surface area contributed by atoms with Crippen LogP contribution >= 0.6 is 0 Å². The highest BCUT2D eigenvalue weighted by Gasteiger charge is 2.48. The molecular formula is C35H26O. The highest BCUT2D eigenvalue weighted by molar-refractivity contribution is 6.30. The summed E-state index contributed by atoms with van der Waals surface area (Å²) < 4.78 is 0. The third kappa shape index (κ3) is 3.62. The van der Waals surface area contributed by atoms with Gasteiger partial charge in [0.25, 0.3) is 0 Å². The first-order valence-corrected chi connectivity index (χ1v) is 12.3. The summed E-state index contributed by atoms with van der Waals surface area (Å²) in [5.74, 6) is 0. The van der Waals surface area contributed by atoms with Gasteiger partial charge in [-0.1, -0.05) is 152 Å². The van der Waals surface area contributed by atoms with Gasteiger partial charge in [-0.3, -0.25) is 0 Å². The molecule has 0 saturated heterocycles. The zero-order chi connectivity index (χ0) is 24.4. The van der Waals surface area contributed by atoms with Crippen LogP contribution in [0.4, 0.5) is 0 Å². The molecule has 0 spiro atoms. The fraction of sp³-hybridized carbons (Fsp3) is 0.0286. The molecule has 172 valence electrons. The summed E-state index contributed by atoms with van der Waals surface area (Å²) in [5.41, 5.74) is 7.56. The van der Waals surface area contributed by atoms with Gasteiger partial charge in [-0.2, -0.15) is 0 Å². The van der Waals surface area contributed by atoms with Crippen molar-refractivity contribution in [1.29, 1.82) is 0 Å². The molecule has 6 rings (SSSR count). The summed E-state index contributed by atoms with van der Waals surface area (Å²) in [7, 11) is 0. The van der Waals surface area contributed by atoms with E-state index in [1.165, 1.54) is 0 Å². The number of hydrogen-bond acceptors (Lipinski definition) is 1. The largest absolute Gasteiger partial charge is 0.376 e. The smallest absolute Gasteiger partial charge is 0.142 e. The Bertz CT molecular complexity index is 1430. The number of benzene rings is 5. The summed E-state index contributed by atoms with van der Waals surface area (Å²) in [5, 5.41) is 13.1. The van der Waals surface area contributed by atoms with Crippen molar-refractivity contribution >= 4 is 22.3 Å².